The number of halogens is 4. The zero-order chi connectivity index (χ0) is 15.8. The van der Waals surface area contributed by atoms with E-state index in [1.807, 2.05) is 4.72 Å². The van der Waals surface area contributed by atoms with Crippen LogP contribution in [0.5, 0.6) is 0 Å². The number of benzene rings is 2. The van der Waals surface area contributed by atoms with E-state index < -0.39 is 32.4 Å². The number of anilines is 2. The Morgan fingerprint density at radius 1 is 1.05 bits per heavy atom. The van der Waals surface area contributed by atoms with Crippen LogP contribution < -0.4 is 10.5 Å². The van der Waals surface area contributed by atoms with Crippen LogP contribution in [0.15, 0.2) is 35.2 Å². The molecule has 2 rings (SSSR count). The Morgan fingerprint density at radius 3 is 2.38 bits per heavy atom. The molecule has 0 aromatic heterocycles. The van der Waals surface area contributed by atoms with Crippen LogP contribution in [0.3, 0.4) is 0 Å². The Kier molecular flexibility index (Phi) is 4.02. The highest BCUT2D eigenvalue weighted by molar-refractivity contribution is 7.92. The molecular weight excluding hydrogens is 329 g/mol. The molecule has 0 aliphatic carbocycles. The summed E-state index contributed by atoms with van der Waals surface area (Å²) in [5.74, 6) is -5.19. The lowest BCUT2D eigenvalue weighted by Crippen LogP contribution is -2.16. The Morgan fingerprint density at radius 2 is 1.71 bits per heavy atom. The van der Waals surface area contributed by atoms with Crippen LogP contribution in [0.4, 0.5) is 24.5 Å². The fourth-order valence-corrected chi connectivity index (χ4v) is 2.90. The van der Waals surface area contributed by atoms with Crippen LogP contribution in [-0.4, -0.2) is 8.42 Å². The number of nitrogens with one attached hydrogen (secondary N) is 1. The third-order valence-corrected chi connectivity index (χ3v) is 4.24. The quantitative estimate of drug-likeness (QED) is 0.668. The monoisotopic (exact) mass is 336 g/mol. The molecule has 4 nitrogen and oxygen atoms in total. The van der Waals surface area contributed by atoms with E-state index in [0.29, 0.717) is 12.1 Å². The van der Waals surface area contributed by atoms with Crippen molar-refractivity contribution in [3.63, 3.8) is 0 Å². The average Bonchev–Trinajstić information content (AvgIpc) is 2.39. The van der Waals surface area contributed by atoms with Crippen molar-refractivity contribution in [2.45, 2.75) is 4.90 Å². The van der Waals surface area contributed by atoms with Gasteiger partial charge in [0.25, 0.3) is 10.0 Å². The third kappa shape index (κ3) is 3.06. The van der Waals surface area contributed by atoms with Crippen LogP contribution in [0.2, 0.25) is 5.02 Å². The van der Waals surface area contributed by atoms with E-state index in [0.717, 1.165) is 0 Å². The molecule has 0 amide bonds. The van der Waals surface area contributed by atoms with Gasteiger partial charge in [-0.25, -0.2) is 21.6 Å². The van der Waals surface area contributed by atoms with Gasteiger partial charge in [-0.2, -0.15) is 0 Å². The van der Waals surface area contributed by atoms with Crippen molar-refractivity contribution < 1.29 is 21.6 Å². The molecule has 9 heteroatoms. The van der Waals surface area contributed by atoms with Gasteiger partial charge in [-0.1, -0.05) is 11.6 Å². The van der Waals surface area contributed by atoms with Gasteiger partial charge in [-0.15, -0.1) is 0 Å². The molecule has 0 aliphatic heterocycles. The van der Waals surface area contributed by atoms with Crippen molar-refractivity contribution in [3.05, 3.63) is 52.8 Å². The molecule has 0 saturated heterocycles. The molecule has 3 N–H and O–H groups in total. The van der Waals surface area contributed by atoms with Gasteiger partial charge in [0.05, 0.1) is 10.7 Å². The van der Waals surface area contributed by atoms with Crippen molar-refractivity contribution >= 4 is 33.0 Å². The van der Waals surface area contributed by atoms with Gasteiger partial charge in [0.1, 0.15) is 4.90 Å². The Balaban J connectivity index is 2.49. The molecule has 0 saturated carbocycles. The zero-order valence-corrected chi connectivity index (χ0v) is 11.8. The maximum absolute atomic E-state index is 13.5. The number of hydrogen-bond acceptors (Lipinski definition) is 3. The average molecular weight is 337 g/mol. The van der Waals surface area contributed by atoms with Gasteiger partial charge in [0.2, 0.25) is 0 Å². The molecule has 2 aromatic rings. The molecule has 0 fully saturated rings. The predicted octanol–water partition coefficient (Wildman–Crippen LogP) is 3.14. The second kappa shape index (κ2) is 5.45. The molecule has 0 heterocycles. The summed E-state index contributed by atoms with van der Waals surface area (Å²) >= 11 is 5.78. The Bertz CT molecular complexity index is 812. The third-order valence-electron chi connectivity index (χ3n) is 2.52. The maximum Gasteiger partial charge on any atom is 0.264 e. The van der Waals surface area contributed by atoms with Crippen LogP contribution in [0.1, 0.15) is 0 Å². The number of nitrogens with two attached hydrogens (primary N) is 1. The van der Waals surface area contributed by atoms with Crippen molar-refractivity contribution in [1.29, 1.82) is 0 Å². The summed E-state index contributed by atoms with van der Waals surface area (Å²) in [5.41, 5.74) is 5.58. The summed E-state index contributed by atoms with van der Waals surface area (Å²) < 4.78 is 65.5. The number of nitrogen functional groups attached to an aromatic ring is 1. The molecule has 0 aliphatic rings. The summed E-state index contributed by atoms with van der Waals surface area (Å²) in [5, 5.41) is 0.00997. The number of sulfonamides is 1. The lowest BCUT2D eigenvalue weighted by Gasteiger charge is -2.11. The summed E-state index contributed by atoms with van der Waals surface area (Å²) in [4.78, 5) is -1.04. The van der Waals surface area contributed by atoms with Gasteiger partial charge in [0, 0.05) is 5.69 Å². The first-order chi connectivity index (χ1) is 9.72. The van der Waals surface area contributed by atoms with Crippen LogP contribution in [0.25, 0.3) is 0 Å². The SMILES string of the molecule is Nc1ccc(Cl)c(NS(=O)(=O)c2ccc(F)c(F)c2F)c1. The second-order valence-electron chi connectivity index (χ2n) is 4.02. The van der Waals surface area contributed by atoms with Gasteiger partial charge >= 0.3 is 0 Å². The molecule has 112 valence electrons. The predicted molar refractivity (Wildman–Crippen MR) is 73.0 cm³/mol. The van der Waals surface area contributed by atoms with Gasteiger partial charge in [0.15, 0.2) is 17.5 Å². The van der Waals surface area contributed by atoms with E-state index >= 15 is 0 Å². The molecule has 2 aromatic carbocycles. The highest BCUT2D eigenvalue weighted by Gasteiger charge is 2.24. The molecule has 0 bridgehead atoms. The van der Waals surface area contributed by atoms with Gasteiger partial charge in [-0.05, 0) is 30.3 Å². The summed E-state index contributed by atoms with van der Waals surface area (Å²) in [6, 6.07) is 5.08. The minimum Gasteiger partial charge on any atom is -0.399 e. The molecule has 0 unspecified atom stereocenters. The van der Waals surface area contributed by atoms with Crippen LogP contribution in [0, 0.1) is 17.5 Å². The van der Waals surface area contributed by atoms with Crippen molar-refractivity contribution in [3.8, 4) is 0 Å². The molecule has 0 atom stereocenters. The number of rotatable bonds is 3. The lowest BCUT2D eigenvalue weighted by atomic mass is 10.3. The van der Waals surface area contributed by atoms with Crippen molar-refractivity contribution in [2.24, 2.45) is 0 Å². The first-order valence-electron chi connectivity index (χ1n) is 5.43. The van der Waals surface area contributed by atoms with E-state index in [1.165, 1.54) is 18.2 Å². The fraction of sp³-hybridized carbons (Fsp3) is 0. The Labute approximate surface area is 123 Å². The number of hydrogen-bond donors (Lipinski definition) is 2. The van der Waals surface area contributed by atoms with E-state index in [-0.39, 0.29) is 16.4 Å². The van der Waals surface area contributed by atoms with Gasteiger partial charge in [-0.3, -0.25) is 4.72 Å². The molecule has 21 heavy (non-hydrogen) atoms. The minimum atomic E-state index is -4.49. The molecule has 0 radical (unpaired) electrons. The summed E-state index contributed by atoms with van der Waals surface area (Å²) in [6.45, 7) is 0. The fourth-order valence-electron chi connectivity index (χ4n) is 1.54. The smallest absolute Gasteiger partial charge is 0.264 e. The van der Waals surface area contributed by atoms with Crippen LogP contribution >= 0.6 is 11.6 Å². The first kappa shape index (κ1) is 15.5. The van der Waals surface area contributed by atoms with Gasteiger partial charge < -0.3 is 5.73 Å². The van der Waals surface area contributed by atoms with E-state index in [4.69, 9.17) is 17.3 Å². The molecule has 0 spiro atoms. The summed E-state index contributed by atoms with van der Waals surface area (Å²) in [6.07, 6.45) is 0. The normalized spacial score (nSPS) is 11.4. The minimum absolute atomic E-state index is 0.00997. The summed E-state index contributed by atoms with van der Waals surface area (Å²) in [7, 11) is -4.49. The van der Waals surface area contributed by atoms with Crippen molar-refractivity contribution in [2.75, 3.05) is 10.5 Å². The van der Waals surface area contributed by atoms with E-state index in [9.17, 15) is 21.6 Å². The van der Waals surface area contributed by atoms with Crippen molar-refractivity contribution in [1.82, 2.24) is 0 Å². The topological polar surface area (TPSA) is 72.2 Å². The van der Waals surface area contributed by atoms with E-state index in [1.54, 1.807) is 0 Å². The Hall–Kier alpha value is -1.93. The largest absolute Gasteiger partial charge is 0.399 e. The second-order valence-corrected chi connectivity index (χ2v) is 6.08. The zero-order valence-electron chi connectivity index (χ0n) is 10.2. The van der Waals surface area contributed by atoms with Crippen LogP contribution in [-0.2, 0) is 10.0 Å². The highest BCUT2D eigenvalue weighted by Crippen LogP contribution is 2.28. The lowest BCUT2D eigenvalue weighted by molar-refractivity contribution is 0.432. The molecular formula is C12H8ClF3N2O2S. The standard InChI is InChI=1S/C12H8ClF3N2O2S/c13-7-2-1-6(17)5-9(7)18-21(19,20)10-4-3-8(14)11(15)12(10)16/h1-5,18H,17H2. The first-order valence-corrected chi connectivity index (χ1v) is 7.30. The maximum atomic E-state index is 13.5. The van der Waals surface area contributed by atoms with E-state index in [2.05, 4.69) is 0 Å². The highest BCUT2D eigenvalue weighted by atomic mass is 35.5.